The van der Waals surface area contributed by atoms with Crippen molar-refractivity contribution in [2.75, 3.05) is 5.73 Å². The summed E-state index contributed by atoms with van der Waals surface area (Å²) >= 11 is 0. The number of rotatable bonds is 2. The van der Waals surface area contributed by atoms with E-state index in [2.05, 4.69) is 12.1 Å². The largest absolute Gasteiger partial charge is 0.455 e. The van der Waals surface area contributed by atoms with Crippen molar-refractivity contribution in [3.05, 3.63) is 66.7 Å². The Morgan fingerprint density at radius 3 is 2.22 bits per heavy atom. The molecule has 0 spiro atoms. The lowest BCUT2D eigenvalue weighted by atomic mass is 10.1. The first-order valence-corrected chi connectivity index (χ1v) is 5.85. The van der Waals surface area contributed by atoms with Crippen LogP contribution in [0.25, 0.3) is 10.8 Å². The van der Waals surface area contributed by atoms with Crippen LogP contribution in [0.5, 0.6) is 11.5 Å². The first-order valence-electron chi connectivity index (χ1n) is 5.85. The molecular weight excluding hydrogens is 222 g/mol. The average molecular weight is 235 g/mol. The Bertz CT molecular complexity index is 686. The molecular formula is C16H13NO. The summed E-state index contributed by atoms with van der Waals surface area (Å²) in [7, 11) is 0. The van der Waals surface area contributed by atoms with Gasteiger partial charge in [-0.05, 0) is 23.6 Å². The third kappa shape index (κ3) is 1.89. The minimum atomic E-state index is 0.644. The van der Waals surface area contributed by atoms with Crippen LogP contribution in [-0.2, 0) is 0 Å². The van der Waals surface area contributed by atoms with Crippen LogP contribution in [0, 0.1) is 0 Å². The van der Waals surface area contributed by atoms with Gasteiger partial charge in [-0.15, -0.1) is 0 Å². The standard InChI is InChI=1S/C16H13NO/c17-14-9-3-4-10-16(14)18-15-11-5-7-12-6-1-2-8-13(12)15/h1-11H,17H2. The second kappa shape index (κ2) is 4.41. The highest BCUT2D eigenvalue weighted by Crippen LogP contribution is 2.32. The molecule has 0 unspecified atom stereocenters. The Kier molecular flexibility index (Phi) is 2.61. The number of hydrogen-bond donors (Lipinski definition) is 1. The van der Waals surface area contributed by atoms with E-state index < -0.39 is 0 Å². The van der Waals surface area contributed by atoms with E-state index in [9.17, 15) is 0 Å². The van der Waals surface area contributed by atoms with Crippen molar-refractivity contribution in [2.24, 2.45) is 0 Å². The lowest BCUT2D eigenvalue weighted by Gasteiger charge is -2.10. The van der Waals surface area contributed by atoms with E-state index >= 15 is 0 Å². The third-order valence-corrected chi connectivity index (χ3v) is 2.89. The summed E-state index contributed by atoms with van der Waals surface area (Å²) < 4.78 is 5.90. The molecule has 0 aliphatic carbocycles. The number of hydrogen-bond acceptors (Lipinski definition) is 2. The molecule has 3 aromatic rings. The van der Waals surface area contributed by atoms with Gasteiger partial charge in [0, 0.05) is 5.39 Å². The average Bonchev–Trinajstić information content (AvgIpc) is 2.42. The molecule has 0 atom stereocenters. The SMILES string of the molecule is Nc1ccccc1Oc1cccc2ccccc12. The Labute approximate surface area is 106 Å². The zero-order valence-corrected chi connectivity index (χ0v) is 9.84. The van der Waals surface area contributed by atoms with Gasteiger partial charge in [0.15, 0.2) is 0 Å². The Hall–Kier alpha value is -2.48. The number of fused-ring (bicyclic) bond motifs is 1. The number of benzene rings is 3. The molecule has 0 saturated heterocycles. The van der Waals surface area contributed by atoms with Crippen molar-refractivity contribution in [3.8, 4) is 11.5 Å². The molecule has 88 valence electrons. The van der Waals surface area contributed by atoms with E-state index in [4.69, 9.17) is 10.5 Å². The fourth-order valence-electron chi connectivity index (χ4n) is 1.98. The van der Waals surface area contributed by atoms with Gasteiger partial charge < -0.3 is 10.5 Å². The third-order valence-electron chi connectivity index (χ3n) is 2.89. The summed E-state index contributed by atoms with van der Waals surface area (Å²) in [5.41, 5.74) is 6.53. The van der Waals surface area contributed by atoms with Crippen molar-refractivity contribution in [2.45, 2.75) is 0 Å². The lowest BCUT2D eigenvalue weighted by molar-refractivity contribution is 0.491. The number of anilines is 1. The van der Waals surface area contributed by atoms with Gasteiger partial charge in [0.25, 0.3) is 0 Å². The summed E-state index contributed by atoms with van der Waals surface area (Å²) in [5.74, 6) is 1.51. The monoisotopic (exact) mass is 235 g/mol. The highest BCUT2D eigenvalue weighted by atomic mass is 16.5. The van der Waals surface area contributed by atoms with Crippen LogP contribution >= 0.6 is 0 Å². The molecule has 3 rings (SSSR count). The summed E-state index contributed by atoms with van der Waals surface area (Å²) in [5, 5.41) is 2.24. The summed E-state index contributed by atoms with van der Waals surface area (Å²) in [6.07, 6.45) is 0. The predicted molar refractivity (Wildman–Crippen MR) is 74.9 cm³/mol. The highest BCUT2D eigenvalue weighted by molar-refractivity contribution is 5.88. The number of nitrogens with two attached hydrogens (primary N) is 1. The predicted octanol–water partition coefficient (Wildman–Crippen LogP) is 4.21. The number of nitrogen functional groups attached to an aromatic ring is 1. The zero-order chi connectivity index (χ0) is 12.4. The first kappa shape index (κ1) is 10.7. The highest BCUT2D eigenvalue weighted by Gasteiger charge is 2.04. The quantitative estimate of drug-likeness (QED) is 0.675. The maximum absolute atomic E-state index is 5.90. The minimum absolute atomic E-state index is 0.644. The van der Waals surface area contributed by atoms with E-state index in [0.717, 1.165) is 16.5 Å². The molecule has 2 N–H and O–H groups in total. The second-order valence-corrected chi connectivity index (χ2v) is 4.12. The van der Waals surface area contributed by atoms with Crippen LogP contribution in [0.4, 0.5) is 5.69 Å². The van der Waals surface area contributed by atoms with Crippen molar-refractivity contribution >= 4 is 16.5 Å². The summed E-state index contributed by atoms with van der Waals surface area (Å²) in [6, 6.07) is 21.6. The summed E-state index contributed by atoms with van der Waals surface area (Å²) in [6.45, 7) is 0. The fourth-order valence-corrected chi connectivity index (χ4v) is 1.98. The second-order valence-electron chi connectivity index (χ2n) is 4.12. The summed E-state index contributed by atoms with van der Waals surface area (Å²) in [4.78, 5) is 0. The molecule has 0 radical (unpaired) electrons. The lowest BCUT2D eigenvalue weighted by Crippen LogP contribution is -1.91. The number of para-hydroxylation sites is 2. The van der Waals surface area contributed by atoms with Crippen LogP contribution < -0.4 is 10.5 Å². The van der Waals surface area contributed by atoms with Gasteiger partial charge >= 0.3 is 0 Å². The maximum atomic E-state index is 5.90. The molecule has 0 amide bonds. The van der Waals surface area contributed by atoms with Crippen molar-refractivity contribution < 1.29 is 4.74 Å². The van der Waals surface area contributed by atoms with Crippen LogP contribution in [0.3, 0.4) is 0 Å². The van der Waals surface area contributed by atoms with Crippen LogP contribution in [0.1, 0.15) is 0 Å². The molecule has 0 aliphatic heterocycles. The van der Waals surface area contributed by atoms with Gasteiger partial charge in [0.2, 0.25) is 0 Å². The molecule has 0 aromatic heterocycles. The van der Waals surface area contributed by atoms with Gasteiger partial charge in [-0.1, -0.05) is 48.5 Å². The molecule has 18 heavy (non-hydrogen) atoms. The molecule has 0 saturated carbocycles. The van der Waals surface area contributed by atoms with Gasteiger partial charge in [0.1, 0.15) is 11.5 Å². The van der Waals surface area contributed by atoms with Crippen molar-refractivity contribution in [1.29, 1.82) is 0 Å². The Balaban J connectivity index is 2.08. The van der Waals surface area contributed by atoms with E-state index in [1.54, 1.807) is 0 Å². The smallest absolute Gasteiger partial charge is 0.150 e. The molecule has 0 aliphatic rings. The van der Waals surface area contributed by atoms with E-state index in [0.29, 0.717) is 11.4 Å². The van der Waals surface area contributed by atoms with Gasteiger partial charge in [-0.3, -0.25) is 0 Å². The molecule has 0 fully saturated rings. The molecule has 0 bridgehead atoms. The Morgan fingerprint density at radius 1 is 0.667 bits per heavy atom. The Morgan fingerprint density at radius 2 is 1.33 bits per heavy atom. The van der Waals surface area contributed by atoms with Gasteiger partial charge in [-0.25, -0.2) is 0 Å². The van der Waals surface area contributed by atoms with Gasteiger partial charge in [0.05, 0.1) is 5.69 Å². The first-order chi connectivity index (χ1) is 8.84. The van der Waals surface area contributed by atoms with E-state index in [1.807, 2.05) is 54.6 Å². The minimum Gasteiger partial charge on any atom is -0.455 e. The molecule has 0 heterocycles. The fraction of sp³-hybridized carbons (Fsp3) is 0. The van der Waals surface area contributed by atoms with Crippen LogP contribution in [0.15, 0.2) is 66.7 Å². The normalized spacial score (nSPS) is 10.4. The topological polar surface area (TPSA) is 35.2 Å². The zero-order valence-electron chi connectivity index (χ0n) is 9.84. The van der Waals surface area contributed by atoms with Crippen LogP contribution in [0.2, 0.25) is 0 Å². The maximum Gasteiger partial charge on any atom is 0.150 e. The van der Waals surface area contributed by atoms with Gasteiger partial charge in [-0.2, -0.15) is 0 Å². The molecule has 3 aromatic carbocycles. The van der Waals surface area contributed by atoms with Crippen molar-refractivity contribution in [3.63, 3.8) is 0 Å². The van der Waals surface area contributed by atoms with E-state index in [-0.39, 0.29) is 0 Å². The van der Waals surface area contributed by atoms with E-state index in [1.165, 1.54) is 0 Å². The molecule has 2 heteroatoms. The van der Waals surface area contributed by atoms with Crippen LogP contribution in [-0.4, -0.2) is 0 Å². The number of ether oxygens (including phenoxy) is 1. The molecule has 2 nitrogen and oxygen atoms in total. The van der Waals surface area contributed by atoms with Crippen molar-refractivity contribution in [1.82, 2.24) is 0 Å².